The molecular weight excluding hydrogens is 280 g/mol. The number of carbonyl (C=O) groups excluding carboxylic acids is 1. The Kier molecular flexibility index (Phi) is 5.46. The molecular formula is C18H26O4. The molecule has 0 amide bonds. The molecule has 4 heteroatoms. The molecule has 0 aromatic heterocycles. The average Bonchev–Trinajstić information content (AvgIpc) is 2.52. The van der Waals surface area contributed by atoms with Gasteiger partial charge in [-0.1, -0.05) is 32.9 Å². The topological polar surface area (TPSA) is 44.8 Å². The summed E-state index contributed by atoms with van der Waals surface area (Å²) < 4.78 is 5.15. The number of hydrogen-bond donors (Lipinski definition) is 0. The van der Waals surface area contributed by atoms with Gasteiger partial charge in [0.15, 0.2) is 0 Å². The van der Waals surface area contributed by atoms with Crippen LogP contribution in [0.1, 0.15) is 56.8 Å². The van der Waals surface area contributed by atoms with Crippen LogP contribution >= 0.6 is 0 Å². The van der Waals surface area contributed by atoms with Gasteiger partial charge >= 0.3 is 5.97 Å². The second-order valence-corrected chi connectivity index (χ2v) is 7.01. The van der Waals surface area contributed by atoms with Gasteiger partial charge in [0.05, 0.1) is 7.11 Å². The van der Waals surface area contributed by atoms with Crippen molar-refractivity contribution >= 4 is 5.97 Å². The molecule has 0 bridgehead atoms. The highest BCUT2D eigenvalue weighted by Crippen LogP contribution is 2.38. The van der Waals surface area contributed by atoms with Crippen molar-refractivity contribution in [3.63, 3.8) is 0 Å². The van der Waals surface area contributed by atoms with Gasteiger partial charge in [-0.05, 0) is 49.1 Å². The van der Waals surface area contributed by atoms with Crippen LogP contribution < -0.4 is 4.74 Å². The summed E-state index contributed by atoms with van der Waals surface area (Å²) in [5, 5.41) is 0. The van der Waals surface area contributed by atoms with E-state index in [1.807, 2.05) is 6.07 Å². The normalized spacial score (nSPS) is 22.2. The van der Waals surface area contributed by atoms with Gasteiger partial charge < -0.3 is 4.74 Å². The Bertz CT molecular complexity index is 496. The predicted molar refractivity (Wildman–Crippen MR) is 84.7 cm³/mol. The predicted octanol–water partition coefficient (Wildman–Crippen LogP) is 4.39. The third kappa shape index (κ3) is 4.23. The number of benzene rings is 1. The summed E-state index contributed by atoms with van der Waals surface area (Å²) in [5.74, 6) is 0.695. The lowest BCUT2D eigenvalue weighted by molar-refractivity contribution is -0.281. The Morgan fingerprint density at radius 3 is 2.32 bits per heavy atom. The van der Waals surface area contributed by atoms with Gasteiger partial charge in [0.1, 0.15) is 17.4 Å². The first-order valence-electron chi connectivity index (χ1n) is 7.92. The molecule has 1 fully saturated rings. The molecule has 122 valence electrons. The Hall–Kier alpha value is -1.55. The Morgan fingerprint density at radius 2 is 1.73 bits per heavy atom. The molecule has 1 aromatic carbocycles. The smallest absolute Gasteiger partial charge is 0.376 e. The van der Waals surface area contributed by atoms with Crippen LogP contribution in [0.5, 0.6) is 5.75 Å². The van der Waals surface area contributed by atoms with Gasteiger partial charge in [0, 0.05) is 0 Å². The Labute approximate surface area is 132 Å². The summed E-state index contributed by atoms with van der Waals surface area (Å²) in [6.45, 7) is 6.83. The fraction of sp³-hybridized carbons (Fsp3) is 0.611. The van der Waals surface area contributed by atoms with E-state index in [-0.39, 0.29) is 6.10 Å². The number of para-hydroxylation sites is 1. The highest BCUT2D eigenvalue weighted by Gasteiger charge is 2.31. The minimum absolute atomic E-state index is 0.00254. The summed E-state index contributed by atoms with van der Waals surface area (Å²) in [5.41, 5.74) is 0.715. The van der Waals surface area contributed by atoms with Crippen molar-refractivity contribution in [3.8, 4) is 5.75 Å². The molecule has 1 aliphatic rings. The quantitative estimate of drug-likeness (QED) is 0.611. The molecule has 0 aliphatic heterocycles. The third-order valence-electron chi connectivity index (χ3n) is 4.49. The molecule has 0 unspecified atom stereocenters. The van der Waals surface area contributed by atoms with E-state index < -0.39 is 5.97 Å². The molecule has 2 rings (SSSR count). The van der Waals surface area contributed by atoms with E-state index >= 15 is 0 Å². The van der Waals surface area contributed by atoms with Crippen molar-refractivity contribution in [2.45, 2.75) is 52.6 Å². The van der Waals surface area contributed by atoms with Crippen LogP contribution in [0.25, 0.3) is 0 Å². The van der Waals surface area contributed by atoms with E-state index in [4.69, 9.17) is 14.5 Å². The summed E-state index contributed by atoms with van der Waals surface area (Å²) in [6, 6.07) is 6.98. The molecule has 0 saturated heterocycles. The number of carbonyl (C=O) groups is 1. The maximum Gasteiger partial charge on any atom is 0.376 e. The van der Waals surface area contributed by atoms with E-state index in [9.17, 15) is 4.79 Å². The SMILES string of the molecule is COc1ccccc1C(=O)OOC1CCC(C(C)(C)C)CC1. The average molecular weight is 306 g/mol. The fourth-order valence-corrected chi connectivity index (χ4v) is 2.99. The Balaban J connectivity index is 1.83. The third-order valence-corrected chi connectivity index (χ3v) is 4.49. The van der Waals surface area contributed by atoms with Gasteiger partial charge in [-0.15, -0.1) is 0 Å². The minimum atomic E-state index is -0.504. The van der Waals surface area contributed by atoms with Crippen molar-refractivity contribution in [2.75, 3.05) is 7.11 Å². The van der Waals surface area contributed by atoms with Crippen LogP contribution in [-0.4, -0.2) is 19.2 Å². The van der Waals surface area contributed by atoms with Crippen molar-refractivity contribution in [3.05, 3.63) is 29.8 Å². The van der Waals surface area contributed by atoms with Crippen LogP contribution in [0.3, 0.4) is 0 Å². The Morgan fingerprint density at radius 1 is 1.09 bits per heavy atom. The fourth-order valence-electron chi connectivity index (χ4n) is 2.99. The van der Waals surface area contributed by atoms with Crippen molar-refractivity contribution in [2.24, 2.45) is 11.3 Å². The number of rotatable bonds is 4. The van der Waals surface area contributed by atoms with Crippen LogP contribution in [0.4, 0.5) is 0 Å². The first-order chi connectivity index (χ1) is 10.4. The van der Waals surface area contributed by atoms with Crippen LogP contribution in [0.2, 0.25) is 0 Å². The first-order valence-corrected chi connectivity index (χ1v) is 7.92. The van der Waals surface area contributed by atoms with Gasteiger partial charge in [0.2, 0.25) is 0 Å². The van der Waals surface area contributed by atoms with E-state index in [1.54, 1.807) is 18.2 Å². The lowest BCUT2D eigenvalue weighted by atomic mass is 9.72. The summed E-state index contributed by atoms with van der Waals surface area (Å²) >= 11 is 0. The van der Waals surface area contributed by atoms with Gasteiger partial charge in [-0.25, -0.2) is 4.79 Å². The lowest BCUT2D eigenvalue weighted by Crippen LogP contribution is -2.29. The zero-order valence-electron chi connectivity index (χ0n) is 13.9. The number of hydrogen-bond acceptors (Lipinski definition) is 4. The first kappa shape index (κ1) is 16.8. The monoisotopic (exact) mass is 306 g/mol. The second-order valence-electron chi connectivity index (χ2n) is 7.01. The van der Waals surface area contributed by atoms with Crippen molar-refractivity contribution in [1.82, 2.24) is 0 Å². The van der Waals surface area contributed by atoms with E-state index in [0.717, 1.165) is 25.7 Å². The van der Waals surface area contributed by atoms with Crippen molar-refractivity contribution < 1.29 is 19.3 Å². The molecule has 1 aromatic rings. The van der Waals surface area contributed by atoms with E-state index in [2.05, 4.69) is 20.8 Å². The molecule has 0 heterocycles. The standard InChI is InChI=1S/C18H26O4/c1-18(2,3)13-9-11-14(12-10-13)21-22-17(19)15-7-5-6-8-16(15)20-4/h5-8,13-14H,9-12H2,1-4H3. The highest BCUT2D eigenvalue weighted by atomic mass is 17.2. The molecule has 1 saturated carbocycles. The molecule has 0 spiro atoms. The molecule has 1 aliphatic carbocycles. The largest absolute Gasteiger partial charge is 0.496 e. The zero-order valence-corrected chi connectivity index (χ0v) is 13.9. The lowest BCUT2D eigenvalue weighted by Gasteiger charge is -2.36. The number of methoxy groups -OCH3 is 1. The number of ether oxygens (including phenoxy) is 1. The summed E-state index contributed by atoms with van der Waals surface area (Å²) in [4.78, 5) is 22.4. The van der Waals surface area contributed by atoms with Gasteiger partial charge in [-0.2, -0.15) is 4.89 Å². The van der Waals surface area contributed by atoms with E-state index in [0.29, 0.717) is 22.6 Å². The molecule has 0 radical (unpaired) electrons. The van der Waals surface area contributed by atoms with Gasteiger partial charge in [0.25, 0.3) is 0 Å². The van der Waals surface area contributed by atoms with E-state index in [1.165, 1.54) is 7.11 Å². The molecule has 0 N–H and O–H groups in total. The molecule has 22 heavy (non-hydrogen) atoms. The molecule has 0 atom stereocenters. The highest BCUT2D eigenvalue weighted by molar-refractivity contribution is 5.92. The van der Waals surface area contributed by atoms with Gasteiger partial charge in [-0.3, -0.25) is 4.89 Å². The van der Waals surface area contributed by atoms with Crippen LogP contribution in [-0.2, 0) is 9.78 Å². The second kappa shape index (κ2) is 7.14. The maximum atomic E-state index is 12.1. The summed E-state index contributed by atoms with van der Waals surface area (Å²) in [6.07, 6.45) is 4.08. The van der Waals surface area contributed by atoms with Crippen LogP contribution in [0.15, 0.2) is 24.3 Å². The minimum Gasteiger partial charge on any atom is -0.496 e. The zero-order chi connectivity index (χ0) is 16.2. The summed E-state index contributed by atoms with van der Waals surface area (Å²) in [7, 11) is 1.53. The van der Waals surface area contributed by atoms with Crippen molar-refractivity contribution in [1.29, 1.82) is 0 Å². The molecule has 4 nitrogen and oxygen atoms in total. The van der Waals surface area contributed by atoms with Crippen LogP contribution in [0, 0.1) is 11.3 Å². The maximum absolute atomic E-state index is 12.1.